The minimum absolute atomic E-state index is 0.511. The van der Waals surface area contributed by atoms with Gasteiger partial charge in [-0.15, -0.1) is 0 Å². The largest absolute Gasteiger partial charge is 0.381 e. The van der Waals surface area contributed by atoms with E-state index in [0.717, 1.165) is 10.4 Å². The molecular weight excluding hydrogens is 326 g/mol. The molecule has 21 heavy (non-hydrogen) atoms. The van der Waals surface area contributed by atoms with E-state index >= 15 is 0 Å². The van der Waals surface area contributed by atoms with Crippen LogP contribution in [0.4, 0.5) is 11.4 Å². The van der Waals surface area contributed by atoms with Gasteiger partial charge >= 0.3 is 0 Å². The second-order valence-corrected chi connectivity index (χ2v) is 7.18. The van der Waals surface area contributed by atoms with Crippen LogP contribution in [0.1, 0.15) is 26.7 Å². The maximum absolute atomic E-state index is 3.75. The van der Waals surface area contributed by atoms with Crippen molar-refractivity contribution in [2.75, 3.05) is 43.9 Å². The molecule has 118 valence electrons. The number of halogens is 1. The first kappa shape index (κ1) is 16.6. The highest BCUT2D eigenvalue weighted by molar-refractivity contribution is 9.10. The van der Waals surface area contributed by atoms with Crippen molar-refractivity contribution >= 4 is 27.3 Å². The van der Waals surface area contributed by atoms with Gasteiger partial charge in [-0.05, 0) is 63.5 Å². The van der Waals surface area contributed by atoms with E-state index in [4.69, 9.17) is 0 Å². The van der Waals surface area contributed by atoms with Crippen molar-refractivity contribution in [2.45, 2.75) is 32.7 Å². The van der Waals surface area contributed by atoms with E-state index in [2.05, 4.69) is 77.2 Å². The Morgan fingerprint density at radius 3 is 2.57 bits per heavy atom. The molecule has 1 unspecified atom stereocenters. The maximum Gasteiger partial charge on any atom is 0.0597 e. The Hall–Kier alpha value is -0.740. The fourth-order valence-corrected chi connectivity index (χ4v) is 3.51. The van der Waals surface area contributed by atoms with Crippen molar-refractivity contribution in [3.63, 3.8) is 0 Å². The second-order valence-electron chi connectivity index (χ2n) is 6.26. The van der Waals surface area contributed by atoms with Crippen molar-refractivity contribution in [3.8, 4) is 0 Å². The van der Waals surface area contributed by atoms with Crippen LogP contribution < -0.4 is 10.2 Å². The highest BCUT2D eigenvalue weighted by Crippen LogP contribution is 2.31. The predicted octanol–water partition coefficient (Wildman–Crippen LogP) is 4.05. The number of hydrogen-bond acceptors (Lipinski definition) is 3. The Bertz CT molecular complexity index is 453. The Labute approximate surface area is 137 Å². The van der Waals surface area contributed by atoms with Gasteiger partial charge in [0.25, 0.3) is 0 Å². The zero-order valence-corrected chi connectivity index (χ0v) is 15.3. The summed E-state index contributed by atoms with van der Waals surface area (Å²) in [6.07, 6.45) is 2.60. The van der Waals surface area contributed by atoms with E-state index in [-0.39, 0.29) is 0 Å². The molecule has 1 fully saturated rings. The van der Waals surface area contributed by atoms with Crippen LogP contribution in [0.25, 0.3) is 0 Å². The summed E-state index contributed by atoms with van der Waals surface area (Å²) in [7, 11) is 4.19. The highest BCUT2D eigenvalue weighted by atomic mass is 79.9. The van der Waals surface area contributed by atoms with Crippen LogP contribution in [-0.4, -0.2) is 44.7 Å². The van der Waals surface area contributed by atoms with Gasteiger partial charge in [0.2, 0.25) is 0 Å². The summed E-state index contributed by atoms with van der Waals surface area (Å²) in [4.78, 5) is 4.72. The van der Waals surface area contributed by atoms with E-state index in [9.17, 15) is 0 Å². The van der Waals surface area contributed by atoms with Gasteiger partial charge in [-0.1, -0.05) is 22.9 Å². The molecule has 0 amide bonds. The van der Waals surface area contributed by atoms with Crippen molar-refractivity contribution in [1.82, 2.24) is 4.90 Å². The average molecular weight is 354 g/mol. The number of anilines is 2. The molecule has 1 aliphatic heterocycles. The average Bonchev–Trinajstić information content (AvgIpc) is 2.47. The van der Waals surface area contributed by atoms with Gasteiger partial charge in [0.15, 0.2) is 0 Å². The summed E-state index contributed by atoms with van der Waals surface area (Å²) in [5.41, 5.74) is 2.47. The number of hydrogen-bond donors (Lipinski definition) is 1. The molecule has 0 saturated carbocycles. The Morgan fingerprint density at radius 2 is 2.00 bits per heavy atom. The van der Waals surface area contributed by atoms with Crippen molar-refractivity contribution < 1.29 is 0 Å². The van der Waals surface area contributed by atoms with E-state index in [0.29, 0.717) is 6.04 Å². The molecule has 0 spiro atoms. The summed E-state index contributed by atoms with van der Waals surface area (Å²) in [6, 6.07) is 6.97. The molecule has 1 aromatic carbocycles. The topological polar surface area (TPSA) is 18.5 Å². The molecule has 1 heterocycles. The standard InChI is InChI=1S/C17H28BrN3/c1-5-21-10-8-14(9-11-21)13(2)19-16-12-15(18)6-7-17(16)20(3)4/h6-7,12-14,19H,5,8-11H2,1-4H3. The Kier molecular flexibility index (Phi) is 5.94. The molecule has 0 aromatic heterocycles. The Morgan fingerprint density at radius 1 is 1.33 bits per heavy atom. The molecule has 4 heteroatoms. The lowest BCUT2D eigenvalue weighted by Gasteiger charge is -2.35. The summed E-state index contributed by atoms with van der Waals surface area (Å²) in [5, 5.41) is 3.75. The lowest BCUT2D eigenvalue weighted by Crippen LogP contribution is -2.39. The van der Waals surface area contributed by atoms with Crippen LogP contribution >= 0.6 is 15.9 Å². The number of nitrogens with one attached hydrogen (secondary N) is 1. The fourth-order valence-electron chi connectivity index (χ4n) is 3.15. The molecule has 1 aliphatic rings. The molecule has 3 nitrogen and oxygen atoms in total. The number of benzene rings is 1. The van der Waals surface area contributed by atoms with Crippen molar-refractivity contribution in [2.24, 2.45) is 5.92 Å². The fraction of sp³-hybridized carbons (Fsp3) is 0.647. The molecular formula is C17H28BrN3. The van der Waals surface area contributed by atoms with E-state index in [1.807, 2.05) is 0 Å². The van der Waals surface area contributed by atoms with Gasteiger partial charge in [-0.2, -0.15) is 0 Å². The first-order valence-electron chi connectivity index (χ1n) is 7.97. The summed E-state index contributed by atoms with van der Waals surface area (Å²) >= 11 is 3.58. The molecule has 2 rings (SSSR count). The number of likely N-dealkylation sites (tertiary alicyclic amines) is 1. The van der Waals surface area contributed by atoms with Gasteiger partial charge in [0, 0.05) is 24.6 Å². The third-order valence-corrected chi connectivity index (χ3v) is 5.10. The van der Waals surface area contributed by atoms with Crippen LogP contribution in [0.15, 0.2) is 22.7 Å². The first-order chi connectivity index (χ1) is 10.0. The predicted molar refractivity (Wildman–Crippen MR) is 96.4 cm³/mol. The third kappa shape index (κ3) is 4.36. The van der Waals surface area contributed by atoms with Gasteiger partial charge in [0.1, 0.15) is 0 Å². The zero-order chi connectivity index (χ0) is 15.4. The lowest BCUT2D eigenvalue weighted by atomic mass is 9.90. The summed E-state index contributed by atoms with van der Waals surface area (Å²) in [6.45, 7) is 8.25. The zero-order valence-electron chi connectivity index (χ0n) is 13.7. The van der Waals surface area contributed by atoms with Gasteiger partial charge in [-0.3, -0.25) is 0 Å². The first-order valence-corrected chi connectivity index (χ1v) is 8.76. The van der Waals surface area contributed by atoms with Crippen LogP contribution in [0.5, 0.6) is 0 Å². The number of nitrogens with zero attached hydrogens (tertiary/aromatic N) is 2. The van der Waals surface area contributed by atoms with E-state index in [1.165, 1.54) is 43.9 Å². The van der Waals surface area contributed by atoms with Crippen molar-refractivity contribution in [1.29, 1.82) is 0 Å². The summed E-state index contributed by atoms with van der Waals surface area (Å²) in [5.74, 6) is 0.766. The lowest BCUT2D eigenvalue weighted by molar-refractivity contribution is 0.183. The molecule has 0 aliphatic carbocycles. The number of piperidine rings is 1. The monoisotopic (exact) mass is 353 g/mol. The minimum atomic E-state index is 0.511. The quantitative estimate of drug-likeness (QED) is 0.861. The van der Waals surface area contributed by atoms with Crippen LogP contribution in [0, 0.1) is 5.92 Å². The SMILES string of the molecule is CCN1CCC(C(C)Nc2cc(Br)ccc2N(C)C)CC1. The molecule has 1 atom stereocenters. The second kappa shape index (κ2) is 7.50. The third-order valence-electron chi connectivity index (χ3n) is 4.61. The molecule has 1 aromatic rings. The maximum atomic E-state index is 3.75. The Balaban J connectivity index is 2.02. The molecule has 0 bridgehead atoms. The van der Waals surface area contributed by atoms with Gasteiger partial charge < -0.3 is 15.1 Å². The van der Waals surface area contributed by atoms with Gasteiger partial charge in [0.05, 0.1) is 11.4 Å². The number of rotatable bonds is 5. The van der Waals surface area contributed by atoms with E-state index < -0.39 is 0 Å². The van der Waals surface area contributed by atoms with Gasteiger partial charge in [-0.25, -0.2) is 0 Å². The van der Waals surface area contributed by atoms with Crippen LogP contribution in [0.3, 0.4) is 0 Å². The van der Waals surface area contributed by atoms with Crippen LogP contribution in [0.2, 0.25) is 0 Å². The molecule has 0 radical (unpaired) electrons. The smallest absolute Gasteiger partial charge is 0.0597 e. The van der Waals surface area contributed by atoms with Crippen LogP contribution in [-0.2, 0) is 0 Å². The normalized spacial score (nSPS) is 18.5. The minimum Gasteiger partial charge on any atom is -0.381 e. The summed E-state index contributed by atoms with van der Waals surface area (Å²) < 4.78 is 1.13. The molecule has 1 N–H and O–H groups in total. The van der Waals surface area contributed by atoms with Crippen molar-refractivity contribution in [3.05, 3.63) is 22.7 Å². The highest BCUT2D eigenvalue weighted by Gasteiger charge is 2.23. The molecule has 1 saturated heterocycles. The van der Waals surface area contributed by atoms with E-state index in [1.54, 1.807) is 0 Å².